The minimum absolute atomic E-state index is 0.0937. The van der Waals surface area contributed by atoms with Crippen LogP contribution in [0.4, 0.5) is 0 Å². The van der Waals surface area contributed by atoms with Crippen LogP contribution in [0, 0.1) is 0 Å². The van der Waals surface area contributed by atoms with Gasteiger partial charge in [-0.25, -0.2) is 0 Å². The minimum Gasteiger partial charge on any atom is -0.352 e. The van der Waals surface area contributed by atoms with Gasteiger partial charge in [0.2, 0.25) is 5.91 Å². The first-order valence-corrected chi connectivity index (χ1v) is 7.89. The molecular weight excluding hydrogens is 262 g/mol. The van der Waals surface area contributed by atoms with Crippen molar-refractivity contribution in [1.82, 2.24) is 15.6 Å². The predicted octanol–water partition coefficient (Wildman–Crippen LogP) is 2.57. The van der Waals surface area contributed by atoms with Crippen LogP contribution >= 0.6 is 0 Å². The van der Waals surface area contributed by atoms with Crippen molar-refractivity contribution in [3.63, 3.8) is 0 Å². The van der Waals surface area contributed by atoms with Gasteiger partial charge in [0.1, 0.15) is 0 Å². The maximum atomic E-state index is 11.7. The van der Waals surface area contributed by atoms with Gasteiger partial charge in [-0.3, -0.25) is 9.78 Å². The van der Waals surface area contributed by atoms with Gasteiger partial charge in [0.05, 0.1) is 0 Å². The van der Waals surface area contributed by atoms with Gasteiger partial charge < -0.3 is 10.6 Å². The van der Waals surface area contributed by atoms with Crippen LogP contribution in [0.15, 0.2) is 36.2 Å². The SMILES string of the molecule is O=C(CCNCCC1=CCCCC1)NCc1ccncc1. The van der Waals surface area contributed by atoms with Crippen LogP contribution in [0.5, 0.6) is 0 Å². The molecule has 2 N–H and O–H groups in total. The Morgan fingerprint density at radius 3 is 2.81 bits per heavy atom. The smallest absolute Gasteiger partial charge is 0.221 e. The second-order valence-electron chi connectivity index (χ2n) is 5.49. The third-order valence-electron chi connectivity index (χ3n) is 3.78. The van der Waals surface area contributed by atoms with Crippen molar-refractivity contribution in [1.29, 1.82) is 0 Å². The average Bonchev–Trinajstić information content (AvgIpc) is 2.54. The van der Waals surface area contributed by atoms with Gasteiger partial charge in [0.25, 0.3) is 0 Å². The fraction of sp³-hybridized carbons (Fsp3) is 0.529. The molecule has 0 spiro atoms. The number of pyridine rings is 1. The van der Waals surface area contributed by atoms with Crippen molar-refractivity contribution in [3.8, 4) is 0 Å². The first-order valence-electron chi connectivity index (χ1n) is 7.89. The van der Waals surface area contributed by atoms with E-state index in [1.54, 1.807) is 18.0 Å². The lowest BCUT2D eigenvalue weighted by Gasteiger charge is -2.12. The molecule has 4 heteroatoms. The molecule has 1 aliphatic carbocycles. The quantitative estimate of drug-likeness (QED) is 0.571. The summed E-state index contributed by atoms with van der Waals surface area (Å²) in [6.07, 6.45) is 12.7. The van der Waals surface area contributed by atoms with Crippen molar-refractivity contribution >= 4 is 5.91 Å². The largest absolute Gasteiger partial charge is 0.352 e. The number of amides is 1. The molecule has 0 radical (unpaired) electrons. The minimum atomic E-state index is 0.0937. The second kappa shape index (κ2) is 9.29. The molecule has 1 aliphatic rings. The fourth-order valence-corrected chi connectivity index (χ4v) is 2.50. The molecule has 0 aliphatic heterocycles. The summed E-state index contributed by atoms with van der Waals surface area (Å²) in [7, 11) is 0. The third kappa shape index (κ3) is 6.54. The van der Waals surface area contributed by atoms with E-state index in [-0.39, 0.29) is 5.91 Å². The Labute approximate surface area is 127 Å². The molecular formula is C17H25N3O. The molecule has 21 heavy (non-hydrogen) atoms. The van der Waals surface area contributed by atoms with E-state index in [2.05, 4.69) is 21.7 Å². The highest BCUT2D eigenvalue weighted by Crippen LogP contribution is 2.19. The van der Waals surface area contributed by atoms with Crippen LogP contribution in [0.3, 0.4) is 0 Å². The third-order valence-corrected chi connectivity index (χ3v) is 3.78. The highest BCUT2D eigenvalue weighted by atomic mass is 16.1. The lowest BCUT2D eigenvalue weighted by Crippen LogP contribution is -2.27. The summed E-state index contributed by atoms with van der Waals surface area (Å²) in [5.74, 6) is 0.0937. The zero-order chi connectivity index (χ0) is 14.8. The molecule has 1 aromatic rings. The van der Waals surface area contributed by atoms with Crippen LogP contribution in [-0.2, 0) is 11.3 Å². The van der Waals surface area contributed by atoms with E-state index < -0.39 is 0 Å². The Bertz CT molecular complexity index is 456. The lowest BCUT2D eigenvalue weighted by atomic mass is 9.97. The van der Waals surface area contributed by atoms with Gasteiger partial charge in [-0.2, -0.15) is 0 Å². The summed E-state index contributed by atoms with van der Waals surface area (Å²) in [4.78, 5) is 15.7. The normalized spacial score (nSPS) is 14.6. The summed E-state index contributed by atoms with van der Waals surface area (Å²) in [5, 5.41) is 6.27. The average molecular weight is 287 g/mol. The van der Waals surface area contributed by atoms with Gasteiger partial charge in [-0.1, -0.05) is 11.6 Å². The first kappa shape index (κ1) is 15.7. The second-order valence-corrected chi connectivity index (χ2v) is 5.49. The molecule has 114 valence electrons. The first-order chi connectivity index (χ1) is 10.3. The number of nitrogens with zero attached hydrogens (tertiary/aromatic N) is 1. The molecule has 1 aromatic heterocycles. The molecule has 0 atom stereocenters. The zero-order valence-corrected chi connectivity index (χ0v) is 12.6. The molecule has 0 saturated carbocycles. The maximum absolute atomic E-state index is 11.7. The Morgan fingerprint density at radius 1 is 1.19 bits per heavy atom. The van der Waals surface area contributed by atoms with Gasteiger partial charge in [-0.15, -0.1) is 0 Å². The summed E-state index contributed by atoms with van der Waals surface area (Å²) in [6.45, 7) is 2.30. The van der Waals surface area contributed by atoms with Crippen molar-refractivity contribution in [2.75, 3.05) is 13.1 Å². The monoisotopic (exact) mass is 287 g/mol. The van der Waals surface area contributed by atoms with Crippen LogP contribution in [-0.4, -0.2) is 24.0 Å². The van der Waals surface area contributed by atoms with Gasteiger partial charge in [-0.05, 0) is 56.3 Å². The Hall–Kier alpha value is -1.68. The van der Waals surface area contributed by atoms with E-state index in [0.29, 0.717) is 13.0 Å². The molecule has 2 rings (SSSR count). The Balaban J connectivity index is 1.50. The fourth-order valence-electron chi connectivity index (χ4n) is 2.50. The molecule has 4 nitrogen and oxygen atoms in total. The van der Waals surface area contributed by atoms with Crippen LogP contribution in [0.25, 0.3) is 0 Å². The number of carbonyl (C=O) groups is 1. The summed E-state index contributed by atoms with van der Waals surface area (Å²) in [5.41, 5.74) is 2.66. The van der Waals surface area contributed by atoms with Crippen LogP contribution in [0.2, 0.25) is 0 Å². The molecule has 0 aromatic carbocycles. The molecule has 1 amide bonds. The van der Waals surface area contributed by atoms with Crippen molar-refractivity contribution in [2.24, 2.45) is 0 Å². The van der Waals surface area contributed by atoms with Crippen molar-refractivity contribution in [3.05, 3.63) is 41.7 Å². The number of nitrogens with one attached hydrogen (secondary N) is 2. The lowest BCUT2D eigenvalue weighted by molar-refractivity contribution is -0.121. The number of hydrogen-bond donors (Lipinski definition) is 2. The van der Waals surface area contributed by atoms with Crippen LogP contribution in [0.1, 0.15) is 44.1 Å². The van der Waals surface area contributed by atoms with E-state index in [0.717, 1.165) is 25.1 Å². The number of rotatable bonds is 8. The highest BCUT2D eigenvalue weighted by molar-refractivity contribution is 5.76. The standard InChI is InChI=1S/C17H25N3O/c21-17(20-14-16-7-11-18-12-8-16)9-13-19-10-6-15-4-2-1-3-5-15/h4,7-8,11-12,19H,1-3,5-6,9-10,13-14H2,(H,20,21). The summed E-state index contributed by atoms with van der Waals surface area (Å²) < 4.78 is 0. The number of carbonyl (C=O) groups excluding carboxylic acids is 1. The van der Waals surface area contributed by atoms with Gasteiger partial charge >= 0.3 is 0 Å². The topological polar surface area (TPSA) is 54.0 Å². The molecule has 0 bridgehead atoms. The number of aromatic nitrogens is 1. The van der Waals surface area contributed by atoms with Crippen molar-refractivity contribution < 1.29 is 4.79 Å². The number of allylic oxidation sites excluding steroid dienone is 1. The molecule has 0 fully saturated rings. The summed E-state index contributed by atoms with van der Waals surface area (Å²) >= 11 is 0. The Morgan fingerprint density at radius 2 is 2.05 bits per heavy atom. The van der Waals surface area contributed by atoms with E-state index in [1.807, 2.05) is 12.1 Å². The van der Waals surface area contributed by atoms with Gasteiger partial charge in [0.15, 0.2) is 0 Å². The van der Waals surface area contributed by atoms with E-state index >= 15 is 0 Å². The van der Waals surface area contributed by atoms with Gasteiger partial charge in [0, 0.05) is 31.9 Å². The molecule has 0 unspecified atom stereocenters. The summed E-state index contributed by atoms with van der Waals surface area (Å²) in [6, 6.07) is 3.83. The Kier molecular flexibility index (Phi) is 6.95. The van der Waals surface area contributed by atoms with Crippen molar-refractivity contribution in [2.45, 2.75) is 45.1 Å². The number of hydrogen-bond acceptors (Lipinski definition) is 3. The van der Waals surface area contributed by atoms with E-state index in [9.17, 15) is 4.79 Å². The molecule has 1 heterocycles. The maximum Gasteiger partial charge on any atom is 0.221 e. The van der Waals surface area contributed by atoms with Crippen LogP contribution < -0.4 is 10.6 Å². The van der Waals surface area contributed by atoms with E-state index in [1.165, 1.54) is 25.7 Å². The molecule has 0 saturated heterocycles. The highest BCUT2D eigenvalue weighted by Gasteiger charge is 2.04. The van der Waals surface area contributed by atoms with E-state index in [4.69, 9.17) is 0 Å². The zero-order valence-electron chi connectivity index (χ0n) is 12.6. The predicted molar refractivity (Wildman–Crippen MR) is 84.7 cm³/mol.